The van der Waals surface area contributed by atoms with E-state index in [1.807, 2.05) is 11.8 Å². The van der Waals surface area contributed by atoms with E-state index in [4.69, 9.17) is 0 Å². The van der Waals surface area contributed by atoms with Crippen LogP contribution in [-0.4, -0.2) is 8.07 Å². The summed E-state index contributed by atoms with van der Waals surface area (Å²) in [6.45, 7) is 7.19. The fourth-order valence-electron chi connectivity index (χ4n) is 1.51. The fourth-order valence-corrected chi connectivity index (χ4v) is 4.44. The summed E-state index contributed by atoms with van der Waals surface area (Å²) < 4.78 is 1.56. The summed E-state index contributed by atoms with van der Waals surface area (Å²) in [5.41, 5.74) is 1.34. The van der Waals surface area contributed by atoms with Crippen molar-refractivity contribution in [2.75, 3.05) is 0 Å². The lowest BCUT2D eigenvalue weighted by molar-refractivity contribution is 1.43. The molecule has 0 nitrogen and oxygen atoms in total. The van der Waals surface area contributed by atoms with Gasteiger partial charge in [0.2, 0.25) is 0 Å². The fraction of sp³-hybridized carbons (Fsp3) is 0.231. The van der Waals surface area contributed by atoms with E-state index in [1.54, 1.807) is 4.53 Å². The van der Waals surface area contributed by atoms with E-state index in [1.165, 1.54) is 10.5 Å². The van der Waals surface area contributed by atoms with Crippen LogP contribution in [0.1, 0.15) is 5.56 Å². The Labute approximate surface area is 97.1 Å². The molecule has 0 fully saturated rings. The summed E-state index contributed by atoms with van der Waals surface area (Å²) in [5.74, 6) is 0. The molecule has 0 aliphatic carbocycles. The first-order valence-electron chi connectivity index (χ1n) is 5.23. The third-order valence-electron chi connectivity index (χ3n) is 2.40. The maximum atomic E-state index is 2.40. The van der Waals surface area contributed by atoms with E-state index in [0.717, 1.165) is 0 Å². The predicted molar refractivity (Wildman–Crippen MR) is 72.8 cm³/mol. The van der Waals surface area contributed by atoms with Gasteiger partial charge >= 0.3 is 0 Å². The molecule has 1 aliphatic rings. The van der Waals surface area contributed by atoms with Gasteiger partial charge in [0.25, 0.3) is 0 Å². The lowest BCUT2D eigenvalue weighted by Crippen LogP contribution is -2.21. The van der Waals surface area contributed by atoms with E-state index in [2.05, 4.69) is 62.1 Å². The molecule has 15 heavy (non-hydrogen) atoms. The third-order valence-corrected chi connectivity index (χ3v) is 7.14. The normalized spacial score (nSPS) is 15.5. The summed E-state index contributed by atoms with van der Waals surface area (Å²) in [7, 11) is -1.18. The van der Waals surface area contributed by atoms with Crippen molar-refractivity contribution in [2.24, 2.45) is 0 Å². The van der Waals surface area contributed by atoms with Crippen LogP contribution in [0.2, 0.25) is 19.6 Å². The van der Waals surface area contributed by atoms with Crippen LogP contribution >= 0.6 is 11.8 Å². The molecule has 0 amide bonds. The molecule has 78 valence electrons. The summed E-state index contributed by atoms with van der Waals surface area (Å²) in [5, 5.41) is 0. The number of rotatable bonds is 1. The van der Waals surface area contributed by atoms with Gasteiger partial charge in [0.1, 0.15) is 0 Å². The molecule has 0 atom stereocenters. The molecule has 0 unspecified atom stereocenters. The van der Waals surface area contributed by atoms with Crippen LogP contribution in [0.5, 0.6) is 0 Å². The molecule has 1 aliphatic heterocycles. The van der Waals surface area contributed by atoms with Crippen LogP contribution < -0.4 is 0 Å². The molecule has 0 saturated heterocycles. The molecule has 0 aromatic heterocycles. The smallest absolute Gasteiger partial charge is 0.0862 e. The van der Waals surface area contributed by atoms with E-state index in [9.17, 15) is 0 Å². The monoisotopic (exact) mass is 232 g/mol. The molecule has 2 heteroatoms. The molecule has 0 N–H and O–H groups in total. The van der Waals surface area contributed by atoms with Crippen LogP contribution in [0.25, 0.3) is 6.08 Å². The lowest BCUT2D eigenvalue weighted by Gasteiger charge is -2.19. The van der Waals surface area contributed by atoms with Crippen molar-refractivity contribution in [3.8, 4) is 0 Å². The van der Waals surface area contributed by atoms with Gasteiger partial charge in [-0.25, -0.2) is 0 Å². The van der Waals surface area contributed by atoms with Gasteiger partial charge in [0.15, 0.2) is 0 Å². The van der Waals surface area contributed by atoms with Gasteiger partial charge in [0, 0.05) is 4.90 Å². The molecule has 0 bridgehead atoms. The third kappa shape index (κ3) is 2.44. The largest absolute Gasteiger partial charge is 0.0985 e. The van der Waals surface area contributed by atoms with Gasteiger partial charge in [-0.3, -0.25) is 0 Å². The van der Waals surface area contributed by atoms with Crippen LogP contribution in [0.4, 0.5) is 0 Å². The Hall–Kier alpha value is -0.733. The minimum absolute atomic E-state index is 1.18. The van der Waals surface area contributed by atoms with Gasteiger partial charge < -0.3 is 0 Å². The van der Waals surface area contributed by atoms with Crippen molar-refractivity contribution < 1.29 is 0 Å². The Morgan fingerprint density at radius 2 is 1.80 bits per heavy atom. The van der Waals surface area contributed by atoms with Crippen molar-refractivity contribution in [3.05, 3.63) is 46.5 Å². The summed E-state index contributed by atoms with van der Waals surface area (Å²) in [6, 6.07) is 8.61. The Morgan fingerprint density at radius 1 is 1.07 bits per heavy atom. The maximum Gasteiger partial charge on any atom is 0.0862 e. The second kappa shape index (κ2) is 4.03. The minimum Gasteiger partial charge on any atom is -0.0985 e. The first-order chi connectivity index (χ1) is 7.07. The second-order valence-corrected chi connectivity index (χ2v) is 11.3. The number of allylic oxidation sites excluding steroid dienone is 2. The van der Waals surface area contributed by atoms with Crippen molar-refractivity contribution in [1.29, 1.82) is 0 Å². The Bertz CT molecular complexity index is 424. The summed E-state index contributed by atoms with van der Waals surface area (Å²) in [4.78, 5) is 1.39. The maximum absolute atomic E-state index is 2.40. The standard InChI is InChI=1S/C13H16SSi/c1-15(2,3)13-10-6-8-11-7-4-5-9-12(11)14-13/h4-10H,1-3H3. The molecular formula is C13H16SSi. The highest BCUT2D eigenvalue weighted by atomic mass is 32.2. The molecule has 2 rings (SSSR count). The zero-order chi connectivity index (χ0) is 10.9. The van der Waals surface area contributed by atoms with Crippen molar-refractivity contribution in [1.82, 2.24) is 0 Å². The molecule has 0 saturated carbocycles. The van der Waals surface area contributed by atoms with Gasteiger partial charge in [-0.2, -0.15) is 0 Å². The molecule has 0 spiro atoms. The average molecular weight is 232 g/mol. The highest BCUT2D eigenvalue weighted by Crippen LogP contribution is 2.37. The average Bonchev–Trinajstić information content (AvgIpc) is 2.38. The molecule has 1 heterocycles. The van der Waals surface area contributed by atoms with E-state index in [0.29, 0.717) is 0 Å². The second-order valence-electron chi connectivity index (χ2n) is 4.78. The first kappa shape index (κ1) is 10.8. The molecule has 1 aromatic carbocycles. The Morgan fingerprint density at radius 3 is 2.53 bits per heavy atom. The number of fused-ring (bicyclic) bond motifs is 1. The van der Waals surface area contributed by atoms with E-state index in [-0.39, 0.29) is 0 Å². The van der Waals surface area contributed by atoms with Crippen LogP contribution in [-0.2, 0) is 0 Å². The van der Waals surface area contributed by atoms with Gasteiger partial charge in [-0.15, -0.1) is 0 Å². The zero-order valence-corrected chi connectivity index (χ0v) is 11.3. The number of hydrogen-bond donors (Lipinski definition) is 0. The van der Waals surface area contributed by atoms with Crippen molar-refractivity contribution in [3.63, 3.8) is 0 Å². The lowest BCUT2D eigenvalue weighted by atomic mass is 10.2. The highest BCUT2D eigenvalue weighted by molar-refractivity contribution is 8.05. The van der Waals surface area contributed by atoms with Crippen LogP contribution in [0.3, 0.4) is 0 Å². The van der Waals surface area contributed by atoms with Crippen LogP contribution in [0, 0.1) is 0 Å². The SMILES string of the molecule is C[Si](C)(C)C1=CC=Cc2ccccc2S1. The number of thioether (sulfide) groups is 1. The Kier molecular flexibility index (Phi) is 2.89. The molecule has 1 aromatic rings. The quantitative estimate of drug-likeness (QED) is 0.639. The highest BCUT2D eigenvalue weighted by Gasteiger charge is 2.21. The zero-order valence-electron chi connectivity index (χ0n) is 9.45. The number of hydrogen-bond acceptors (Lipinski definition) is 1. The first-order valence-corrected chi connectivity index (χ1v) is 9.55. The van der Waals surface area contributed by atoms with Gasteiger partial charge in [-0.1, -0.05) is 67.8 Å². The van der Waals surface area contributed by atoms with Crippen molar-refractivity contribution in [2.45, 2.75) is 24.5 Å². The van der Waals surface area contributed by atoms with Gasteiger partial charge in [0.05, 0.1) is 8.07 Å². The summed E-state index contributed by atoms with van der Waals surface area (Å²) in [6.07, 6.45) is 6.68. The van der Waals surface area contributed by atoms with Crippen molar-refractivity contribution >= 4 is 25.9 Å². The summed E-state index contributed by atoms with van der Waals surface area (Å²) >= 11 is 1.95. The van der Waals surface area contributed by atoms with Gasteiger partial charge in [-0.05, 0) is 16.2 Å². The predicted octanol–water partition coefficient (Wildman–Crippen LogP) is 4.57. The molecule has 0 radical (unpaired) electrons. The number of benzene rings is 1. The topological polar surface area (TPSA) is 0 Å². The van der Waals surface area contributed by atoms with E-state index >= 15 is 0 Å². The minimum atomic E-state index is -1.18. The Balaban J connectivity index is 2.40. The van der Waals surface area contributed by atoms with Crippen LogP contribution in [0.15, 0.2) is 45.8 Å². The molecular weight excluding hydrogens is 216 g/mol. The van der Waals surface area contributed by atoms with E-state index < -0.39 is 8.07 Å².